The molecule has 0 radical (unpaired) electrons. The Labute approximate surface area is 178 Å². The largest absolute Gasteiger partial charge is 0.493 e. The van der Waals surface area contributed by atoms with Gasteiger partial charge in [-0.05, 0) is 65.7 Å². The summed E-state index contributed by atoms with van der Waals surface area (Å²) in [5.74, 6) is 0.555. The van der Waals surface area contributed by atoms with Crippen LogP contribution in [-0.2, 0) is 14.3 Å². The van der Waals surface area contributed by atoms with Gasteiger partial charge in [0, 0.05) is 5.92 Å². The highest BCUT2D eigenvalue weighted by Crippen LogP contribution is 2.39. The fourth-order valence-electron chi connectivity index (χ4n) is 3.23. The van der Waals surface area contributed by atoms with Crippen LogP contribution in [0.5, 0.6) is 11.5 Å². The van der Waals surface area contributed by atoms with E-state index in [1.165, 1.54) is 0 Å². The van der Waals surface area contributed by atoms with E-state index < -0.39 is 28.8 Å². The van der Waals surface area contributed by atoms with E-state index in [0.717, 1.165) is 5.56 Å². The molecule has 0 unspecified atom stereocenters. The van der Waals surface area contributed by atoms with Crippen LogP contribution in [0.2, 0.25) is 0 Å². The number of allylic oxidation sites excluding steroid dienone is 1. The molecule has 1 aliphatic rings. The van der Waals surface area contributed by atoms with E-state index in [-0.39, 0.29) is 5.92 Å². The van der Waals surface area contributed by atoms with Gasteiger partial charge in [0.15, 0.2) is 17.0 Å². The molecule has 1 N–H and O–H groups in total. The number of carbonyl (C=O) groups is 2. The third-order valence-electron chi connectivity index (χ3n) is 4.48. The molecule has 0 fully saturated rings. The van der Waals surface area contributed by atoms with Gasteiger partial charge in [-0.25, -0.2) is 9.59 Å². The Balaban J connectivity index is 2.32. The Bertz CT molecular complexity index is 818. The monoisotopic (exact) mass is 419 g/mol. The zero-order valence-electron chi connectivity index (χ0n) is 19.1. The summed E-state index contributed by atoms with van der Waals surface area (Å²) in [4.78, 5) is 25.6. The molecule has 0 aromatic heterocycles. The van der Waals surface area contributed by atoms with Crippen LogP contribution >= 0.6 is 0 Å². The summed E-state index contributed by atoms with van der Waals surface area (Å²) >= 11 is 0. The number of nitrogens with one attached hydrogen (secondary N) is 1. The second-order valence-corrected chi connectivity index (χ2v) is 9.38. The second-order valence-electron chi connectivity index (χ2n) is 9.38. The number of carbonyl (C=O) groups excluding carboxylic acids is 2. The minimum absolute atomic E-state index is 0.132. The number of amides is 1. The number of benzene rings is 1. The van der Waals surface area contributed by atoms with Crippen LogP contribution in [0.25, 0.3) is 0 Å². The van der Waals surface area contributed by atoms with Gasteiger partial charge >= 0.3 is 12.1 Å². The first-order valence-electron chi connectivity index (χ1n) is 9.94. The highest BCUT2D eigenvalue weighted by molar-refractivity contribution is 5.89. The standard InChI is InChI=1S/C23H33NO6/c1-21(2,3)29-19(25)23(24-20(26)30-22(4,5)6)12-11-16(14-23)15-9-10-17(27-7)18(13-15)28-8/h9-13,16H,14H2,1-8H3,(H,24,26)/t16-,23+/m0/s1. The van der Waals surface area contributed by atoms with E-state index in [0.29, 0.717) is 17.9 Å². The average molecular weight is 420 g/mol. The molecule has 0 spiro atoms. The minimum Gasteiger partial charge on any atom is -0.493 e. The van der Waals surface area contributed by atoms with Crippen LogP contribution in [0.15, 0.2) is 30.4 Å². The molecule has 2 atom stereocenters. The van der Waals surface area contributed by atoms with Gasteiger partial charge < -0.3 is 24.3 Å². The van der Waals surface area contributed by atoms with Crippen molar-refractivity contribution >= 4 is 12.1 Å². The lowest BCUT2D eigenvalue weighted by atomic mass is 9.90. The van der Waals surface area contributed by atoms with Crippen LogP contribution in [0.1, 0.15) is 59.4 Å². The fraction of sp³-hybridized carbons (Fsp3) is 0.565. The molecule has 0 heterocycles. The van der Waals surface area contributed by atoms with E-state index in [1.54, 1.807) is 61.8 Å². The highest BCUT2D eigenvalue weighted by Gasteiger charge is 2.46. The maximum Gasteiger partial charge on any atom is 0.408 e. The first kappa shape index (κ1) is 23.6. The lowest BCUT2D eigenvalue weighted by Crippen LogP contribution is -2.55. The summed E-state index contributed by atoms with van der Waals surface area (Å²) in [6, 6.07) is 5.60. The summed E-state index contributed by atoms with van der Waals surface area (Å²) in [6.45, 7) is 10.7. The second kappa shape index (κ2) is 8.58. The van der Waals surface area contributed by atoms with Crippen LogP contribution in [-0.4, -0.2) is 43.0 Å². The minimum atomic E-state index is -1.33. The average Bonchev–Trinajstić information content (AvgIpc) is 3.03. The first-order valence-corrected chi connectivity index (χ1v) is 9.94. The van der Waals surface area contributed by atoms with E-state index in [1.807, 2.05) is 24.3 Å². The van der Waals surface area contributed by atoms with Crippen molar-refractivity contribution in [2.24, 2.45) is 0 Å². The fourth-order valence-corrected chi connectivity index (χ4v) is 3.23. The number of hydrogen-bond acceptors (Lipinski definition) is 6. The van der Waals surface area contributed by atoms with Gasteiger partial charge in [0.2, 0.25) is 0 Å². The number of ether oxygens (including phenoxy) is 4. The van der Waals surface area contributed by atoms with Gasteiger partial charge in [0.1, 0.15) is 11.2 Å². The maximum absolute atomic E-state index is 13.1. The molecule has 1 aliphatic carbocycles. The van der Waals surface area contributed by atoms with Crippen LogP contribution in [0.3, 0.4) is 0 Å². The predicted molar refractivity (Wildman–Crippen MR) is 114 cm³/mol. The van der Waals surface area contributed by atoms with Crippen molar-refractivity contribution in [2.75, 3.05) is 14.2 Å². The molecule has 1 aromatic carbocycles. The maximum atomic E-state index is 13.1. The Kier molecular flexibility index (Phi) is 6.74. The number of methoxy groups -OCH3 is 2. The molecule has 0 saturated heterocycles. The van der Waals surface area contributed by atoms with E-state index in [2.05, 4.69) is 5.32 Å². The van der Waals surface area contributed by atoms with Crippen molar-refractivity contribution in [3.8, 4) is 11.5 Å². The van der Waals surface area contributed by atoms with Crippen LogP contribution < -0.4 is 14.8 Å². The molecule has 7 nitrogen and oxygen atoms in total. The first-order chi connectivity index (χ1) is 13.8. The molecule has 7 heteroatoms. The van der Waals surface area contributed by atoms with Gasteiger partial charge in [-0.3, -0.25) is 0 Å². The quantitative estimate of drug-likeness (QED) is 0.564. The molecular weight excluding hydrogens is 386 g/mol. The zero-order valence-corrected chi connectivity index (χ0v) is 19.1. The van der Waals surface area contributed by atoms with Crippen molar-refractivity contribution < 1.29 is 28.5 Å². The van der Waals surface area contributed by atoms with E-state index in [4.69, 9.17) is 18.9 Å². The Morgan fingerprint density at radius 1 is 0.967 bits per heavy atom. The number of rotatable bonds is 5. The third-order valence-corrected chi connectivity index (χ3v) is 4.48. The zero-order chi connectivity index (χ0) is 22.7. The SMILES string of the molecule is COc1ccc([C@H]2C=C[C@](NC(=O)OC(C)(C)C)(C(=O)OC(C)(C)C)C2)cc1OC. The number of hydrogen-bond donors (Lipinski definition) is 1. The summed E-state index contributed by atoms with van der Waals surface area (Å²) in [5.41, 5.74) is -1.78. The van der Waals surface area contributed by atoms with Crippen molar-refractivity contribution in [1.29, 1.82) is 0 Å². The third kappa shape index (κ3) is 5.90. The van der Waals surface area contributed by atoms with E-state index >= 15 is 0 Å². The van der Waals surface area contributed by atoms with Gasteiger partial charge in [0.05, 0.1) is 14.2 Å². The molecule has 0 aliphatic heterocycles. The predicted octanol–water partition coefficient (Wildman–Crippen LogP) is 4.35. The Morgan fingerprint density at radius 2 is 1.57 bits per heavy atom. The molecule has 1 aromatic rings. The van der Waals surface area contributed by atoms with Gasteiger partial charge in [-0.1, -0.05) is 18.2 Å². The summed E-state index contributed by atoms with van der Waals surface area (Å²) in [6.07, 6.45) is 3.21. The highest BCUT2D eigenvalue weighted by atomic mass is 16.6. The van der Waals surface area contributed by atoms with Gasteiger partial charge in [0.25, 0.3) is 0 Å². The Morgan fingerprint density at radius 3 is 2.10 bits per heavy atom. The normalized spacial score (nSPS) is 21.1. The molecular formula is C23H33NO6. The van der Waals surface area contributed by atoms with Crippen LogP contribution in [0.4, 0.5) is 4.79 Å². The van der Waals surface area contributed by atoms with Crippen molar-refractivity contribution in [3.05, 3.63) is 35.9 Å². The summed E-state index contributed by atoms with van der Waals surface area (Å²) in [7, 11) is 3.15. The molecule has 30 heavy (non-hydrogen) atoms. The summed E-state index contributed by atoms with van der Waals surface area (Å²) in [5, 5.41) is 2.74. The molecule has 2 rings (SSSR count). The molecule has 166 valence electrons. The van der Waals surface area contributed by atoms with E-state index in [9.17, 15) is 9.59 Å². The van der Waals surface area contributed by atoms with Crippen molar-refractivity contribution in [3.63, 3.8) is 0 Å². The molecule has 1 amide bonds. The Hall–Kier alpha value is -2.70. The lowest BCUT2D eigenvalue weighted by molar-refractivity contribution is -0.161. The number of alkyl carbamates (subject to hydrolysis) is 1. The topological polar surface area (TPSA) is 83.1 Å². The molecule has 0 bridgehead atoms. The van der Waals surface area contributed by atoms with Crippen molar-refractivity contribution in [1.82, 2.24) is 5.32 Å². The number of esters is 1. The van der Waals surface area contributed by atoms with Gasteiger partial charge in [-0.15, -0.1) is 0 Å². The van der Waals surface area contributed by atoms with Gasteiger partial charge in [-0.2, -0.15) is 0 Å². The van der Waals surface area contributed by atoms with Crippen molar-refractivity contribution in [2.45, 2.75) is 70.6 Å². The lowest BCUT2D eigenvalue weighted by Gasteiger charge is -2.32. The summed E-state index contributed by atoms with van der Waals surface area (Å²) < 4.78 is 21.7. The molecule has 0 saturated carbocycles. The smallest absolute Gasteiger partial charge is 0.408 e. The van der Waals surface area contributed by atoms with Crippen LogP contribution in [0, 0.1) is 0 Å².